The summed E-state index contributed by atoms with van der Waals surface area (Å²) in [5.74, 6) is 1.26. The summed E-state index contributed by atoms with van der Waals surface area (Å²) in [6.07, 6.45) is -0.146. The third kappa shape index (κ3) is 3.18. The molecule has 3 heteroatoms. The van der Waals surface area contributed by atoms with Crippen molar-refractivity contribution in [2.45, 2.75) is 39.0 Å². The van der Waals surface area contributed by atoms with Crippen LogP contribution in [0.1, 0.15) is 50.2 Å². The van der Waals surface area contributed by atoms with E-state index in [-0.39, 0.29) is 5.56 Å². The van der Waals surface area contributed by atoms with Crippen LogP contribution in [0.5, 0.6) is 5.75 Å². The smallest absolute Gasteiger partial charge is 0.267 e. The first-order valence-electron chi connectivity index (χ1n) is 6.12. The van der Waals surface area contributed by atoms with Gasteiger partial charge >= 0.3 is 0 Å². The minimum absolute atomic E-state index is 0.00931. The Bertz CT molecular complexity index is 384. The molecule has 94 valence electrons. The standard InChI is InChI=1S/C14H18F2O/c1-9(2)11-5-6-12(14(15)16)13(7-11)17-8-10-3-4-10/h5-7,9-10,14H,3-4,8H2,1-2H3. The first-order valence-corrected chi connectivity index (χ1v) is 6.12. The summed E-state index contributed by atoms with van der Waals surface area (Å²) in [5.41, 5.74) is 1.05. The second-order valence-corrected chi connectivity index (χ2v) is 5.01. The largest absolute Gasteiger partial charge is 0.493 e. The van der Waals surface area contributed by atoms with Gasteiger partial charge in [-0.05, 0) is 42.4 Å². The maximum Gasteiger partial charge on any atom is 0.267 e. The van der Waals surface area contributed by atoms with E-state index in [1.165, 1.54) is 6.07 Å². The lowest BCUT2D eigenvalue weighted by atomic mass is 10.0. The molecule has 1 aromatic carbocycles. The van der Waals surface area contributed by atoms with E-state index in [0.717, 1.165) is 18.4 Å². The molecule has 1 nitrogen and oxygen atoms in total. The van der Waals surface area contributed by atoms with Crippen molar-refractivity contribution in [1.82, 2.24) is 0 Å². The zero-order chi connectivity index (χ0) is 12.4. The predicted molar refractivity (Wildman–Crippen MR) is 63.7 cm³/mol. The number of hydrogen-bond acceptors (Lipinski definition) is 1. The zero-order valence-corrected chi connectivity index (χ0v) is 10.2. The summed E-state index contributed by atoms with van der Waals surface area (Å²) in [7, 11) is 0. The molecule has 0 aliphatic heterocycles. The number of ether oxygens (including phenoxy) is 1. The molecule has 0 spiro atoms. The minimum Gasteiger partial charge on any atom is -0.493 e. The molecule has 1 saturated carbocycles. The van der Waals surface area contributed by atoms with Crippen LogP contribution in [-0.4, -0.2) is 6.61 Å². The average molecular weight is 240 g/mol. The van der Waals surface area contributed by atoms with Gasteiger partial charge in [0.05, 0.1) is 12.2 Å². The minimum atomic E-state index is -2.47. The highest BCUT2D eigenvalue weighted by Crippen LogP contribution is 2.34. The van der Waals surface area contributed by atoms with Gasteiger partial charge in [0.2, 0.25) is 0 Å². The SMILES string of the molecule is CC(C)c1ccc(C(F)F)c(OCC2CC2)c1. The Balaban J connectivity index is 2.18. The molecule has 2 rings (SSSR count). The predicted octanol–water partition coefficient (Wildman–Crippen LogP) is 4.54. The molecule has 0 heterocycles. The quantitative estimate of drug-likeness (QED) is 0.734. The van der Waals surface area contributed by atoms with E-state index in [1.807, 2.05) is 13.8 Å². The van der Waals surface area contributed by atoms with Crippen LogP contribution in [0, 0.1) is 5.92 Å². The van der Waals surface area contributed by atoms with Gasteiger partial charge in [0, 0.05) is 0 Å². The molecule has 1 aromatic rings. The molecule has 1 fully saturated rings. The molecular formula is C14H18F2O. The Kier molecular flexibility index (Phi) is 3.65. The first kappa shape index (κ1) is 12.3. The van der Waals surface area contributed by atoms with Crippen molar-refractivity contribution in [2.24, 2.45) is 5.92 Å². The van der Waals surface area contributed by atoms with E-state index in [2.05, 4.69) is 0 Å². The van der Waals surface area contributed by atoms with Crippen LogP contribution in [0.15, 0.2) is 18.2 Å². The third-order valence-corrected chi connectivity index (χ3v) is 3.11. The van der Waals surface area contributed by atoms with Crippen molar-refractivity contribution in [2.75, 3.05) is 6.61 Å². The molecule has 0 radical (unpaired) electrons. The van der Waals surface area contributed by atoms with Crippen LogP contribution < -0.4 is 4.74 Å². The van der Waals surface area contributed by atoms with Gasteiger partial charge in [0.1, 0.15) is 5.75 Å². The lowest BCUT2D eigenvalue weighted by molar-refractivity contribution is 0.144. The molecule has 0 unspecified atom stereocenters. The Morgan fingerprint density at radius 1 is 1.29 bits per heavy atom. The van der Waals surface area contributed by atoms with Gasteiger partial charge in [-0.15, -0.1) is 0 Å². The zero-order valence-electron chi connectivity index (χ0n) is 10.2. The molecule has 0 N–H and O–H groups in total. The van der Waals surface area contributed by atoms with Crippen molar-refractivity contribution < 1.29 is 13.5 Å². The van der Waals surface area contributed by atoms with Gasteiger partial charge in [-0.2, -0.15) is 0 Å². The summed E-state index contributed by atoms with van der Waals surface area (Å²) in [4.78, 5) is 0. The number of hydrogen-bond donors (Lipinski definition) is 0. The van der Waals surface area contributed by atoms with Crippen LogP contribution in [0.3, 0.4) is 0 Å². The van der Waals surface area contributed by atoms with Gasteiger partial charge in [0.25, 0.3) is 6.43 Å². The van der Waals surface area contributed by atoms with Gasteiger partial charge in [-0.1, -0.05) is 19.9 Å². The van der Waals surface area contributed by atoms with E-state index >= 15 is 0 Å². The lowest BCUT2D eigenvalue weighted by Crippen LogP contribution is -2.03. The molecule has 0 aromatic heterocycles. The van der Waals surface area contributed by atoms with Crippen LogP contribution >= 0.6 is 0 Å². The van der Waals surface area contributed by atoms with Crippen molar-refractivity contribution in [3.63, 3.8) is 0 Å². The van der Waals surface area contributed by atoms with Crippen LogP contribution in [-0.2, 0) is 0 Å². The Hall–Kier alpha value is -1.12. The van der Waals surface area contributed by atoms with Gasteiger partial charge in [-0.25, -0.2) is 8.78 Å². The second kappa shape index (κ2) is 5.03. The van der Waals surface area contributed by atoms with E-state index < -0.39 is 6.43 Å². The van der Waals surface area contributed by atoms with E-state index in [9.17, 15) is 8.78 Å². The van der Waals surface area contributed by atoms with Crippen molar-refractivity contribution in [1.29, 1.82) is 0 Å². The first-order chi connectivity index (χ1) is 8.08. The fraction of sp³-hybridized carbons (Fsp3) is 0.571. The van der Waals surface area contributed by atoms with Crippen LogP contribution in [0.2, 0.25) is 0 Å². The maximum absolute atomic E-state index is 12.8. The highest BCUT2D eigenvalue weighted by Gasteiger charge is 2.23. The molecule has 0 saturated heterocycles. The number of benzene rings is 1. The monoisotopic (exact) mass is 240 g/mol. The number of alkyl halides is 2. The lowest BCUT2D eigenvalue weighted by Gasteiger charge is -2.14. The number of halogens is 2. The fourth-order valence-corrected chi connectivity index (χ4v) is 1.71. The highest BCUT2D eigenvalue weighted by atomic mass is 19.3. The summed E-state index contributed by atoms with van der Waals surface area (Å²) < 4.78 is 31.2. The van der Waals surface area contributed by atoms with E-state index in [1.54, 1.807) is 12.1 Å². The topological polar surface area (TPSA) is 9.23 Å². The third-order valence-electron chi connectivity index (χ3n) is 3.11. The van der Waals surface area contributed by atoms with Crippen molar-refractivity contribution >= 4 is 0 Å². The summed E-state index contributed by atoms with van der Waals surface area (Å²) in [5, 5.41) is 0. The summed E-state index contributed by atoms with van der Waals surface area (Å²) >= 11 is 0. The van der Waals surface area contributed by atoms with Gasteiger partial charge in [-0.3, -0.25) is 0 Å². The molecule has 0 bridgehead atoms. The molecule has 0 atom stereocenters. The van der Waals surface area contributed by atoms with Crippen molar-refractivity contribution in [3.8, 4) is 5.75 Å². The molecule has 1 aliphatic carbocycles. The Morgan fingerprint density at radius 3 is 2.53 bits per heavy atom. The number of rotatable bonds is 5. The van der Waals surface area contributed by atoms with Gasteiger partial charge in [0.15, 0.2) is 0 Å². The van der Waals surface area contributed by atoms with E-state index in [4.69, 9.17) is 4.74 Å². The highest BCUT2D eigenvalue weighted by molar-refractivity contribution is 5.39. The molecule has 1 aliphatic rings. The summed E-state index contributed by atoms with van der Waals surface area (Å²) in [6, 6.07) is 5.01. The summed E-state index contributed by atoms with van der Waals surface area (Å²) in [6.45, 7) is 4.66. The average Bonchev–Trinajstić information content (AvgIpc) is 3.09. The van der Waals surface area contributed by atoms with Crippen LogP contribution in [0.4, 0.5) is 8.78 Å². The normalized spacial score (nSPS) is 15.6. The Labute approximate surface area is 101 Å². The molecule has 17 heavy (non-hydrogen) atoms. The molecule has 0 amide bonds. The molecular weight excluding hydrogens is 222 g/mol. The fourth-order valence-electron chi connectivity index (χ4n) is 1.71. The second-order valence-electron chi connectivity index (χ2n) is 5.01. The Morgan fingerprint density at radius 2 is 2.00 bits per heavy atom. The van der Waals surface area contributed by atoms with E-state index in [0.29, 0.717) is 24.2 Å². The maximum atomic E-state index is 12.8. The van der Waals surface area contributed by atoms with Gasteiger partial charge < -0.3 is 4.74 Å². The van der Waals surface area contributed by atoms with Crippen molar-refractivity contribution in [3.05, 3.63) is 29.3 Å². The van der Waals surface area contributed by atoms with Crippen LogP contribution in [0.25, 0.3) is 0 Å².